The van der Waals surface area contributed by atoms with Crippen molar-refractivity contribution in [2.24, 2.45) is 11.1 Å². The number of nitrogens with one attached hydrogen (secondary N) is 3. The minimum Gasteiger partial charge on any atom is -0.459 e. The number of ether oxygens (including phenoxy) is 1. The lowest BCUT2D eigenvalue weighted by atomic mass is 9.68. The van der Waals surface area contributed by atoms with Gasteiger partial charge in [-0.05, 0) is 92.8 Å². The highest BCUT2D eigenvalue weighted by atomic mass is 16.5. The van der Waals surface area contributed by atoms with Gasteiger partial charge in [0.05, 0.1) is 11.0 Å². The van der Waals surface area contributed by atoms with Gasteiger partial charge < -0.3 is 26.0 Å². The van der Waals surface area contributed by atoms with Gasteiger partial charge in [-0.1, -0.05) is 5.57 Å². The number of nitrogens with two attached hydrogens (primary N) is 1. The van der Waals surface area contributed by atoms with Crippen LogP contribution in [0.25, 0.3) is 0 Å². The smallest absolute Gasteiger partial charge is 0.319 e. The molecule has 0 unspecified atom stereocenters. The number of amides is 1. The third kappa shape index (κ3) is 6.60. The molecule has 3 aliphatic rings. The van der Waals surface area contributed by atoms with Crippen LogP contribution in [0, 0.1) is 22.2 Å². The minimum absolute atomic E-state index is 0.133. The van der Waals surface area contributed by atoms with E-state index in [0.717, 1.165) is 50.9 Å². The van der Waals surface area contributed by atoms with Crippen molar-refractivity contribution in [3.05, 3.63) is 34.2 Å². The Morgan fingerprint density at radius 2 is 2.00 bits per heavy atom. The highest BCUT2D eigenvalue weighted by Gasteiger charge is 2.42. The lowest BCUT2D eigenvalue weighted by Crippen LogP contribution is -2.54. The van der Waals surface area contributed by atoms with E-state index in [0.29, 0.717) is 29.1 Å². The number of piperazine rings is 1. The number of nitrogens with zero attached hydrogens (tertiary/aromatic N) is 5. The number of rotatable bonds is 7. The summed E-state index contributed by atoms with van der Waals surface area (Å²) in [5.74, 6) is 0.171. The van der Waals surface area contributed by atoms with Crippen LogP contribution in [0.4, 0.5) is 5.82 Å². The topological polar surface area (TPSA) is 156 Å². The molecule has 1 aliphatic carbocycles. The van der Waals surface area contributed by atoms with Crippen LogP contribution < -0.4 is 26.0 Å². The molecule has 0 saturated carbocycles. The number of carbonyl (C=O) groups is 1. The summed E-state index contributed by atoms with van der Waals surface area (Å²) in [6.07, 6.45) is 4.16. The fraction of sp³-hybridized carbons (Fsp3) is 0.645. The first-order valence-electron chi connectivity index (χ1n) is 15.1. The quantitative estimate of drug-likeness (QED) is 0.217. The second-order valence-electron chi connectivity index (χ2n) is 12.6. The maximum Gasteiger partial charge on any atom is 0.319 e. The summed E-state index contributed by atoms with van der Waals surface area (Å²) in [6, 6.07) is 4.93. The fourth-order valence-electron chi connectivity index (χ4n) is 6.84. The molecule has 0 spiro atoms. The zero-order valence-corrected chi connectivity index (χ0v) is 26.2. The second-order valence-corrected chi connectivity index (χ2v) is 12.6. The monoisotopic (exact) mass is 577 g/mol. The molecule has 2 aliphatic heterocycles. The van der Waals surface area contributed by atoms with Gasteiger partial charge in [0.15, 0.2) is 5.84 Å². The Morgan fingerprint density at radius 1 is 1.31 bits per heavy atom. The Morgan fingerprint density at radius 3 is 2.60 bits per heavy atom. The summed E-state index contributed by atoms with van der Waals surface area (Å²) in [5.41, 5.74) is 7.69. The van der Waals surface area contributed by atoms with Gasteiger partial charge >= 0.3 is 6.01 Å². The highest BCUT2D eigenvalue weighted by Crippen LogP contribution is 2.44. The van der Waals surface area contributed by atoms with E-state index >= 15 is 0 Å². The van der Waals surface area contributed by atoms with Crippen LogP contribution in [0.1, 0.15) is 79.3 Å². The number of allylic oxidation sites excluding steroid dienone is 3. The van der Waals surface area contributed by atoms with Crippen molar-refractivity contribution < 1.29 is 9.53 Å². The van der Waals surface area contributed by atoms with E-state index in [2.05, 4.69) is 52.4 Å². The van der Waals surface area contributed by atoms with Crippen molar-refractivity contribution in [2.75, 3.05) is 31.6 Å². The molecule has 3 heterocycles. The van der Waals surface area contributed by atoms with E-state index < -0.39 is 5.41 Å². The first-order chi connectivity index (χ1) is 19.8. The number of hydrogen-bond acceptors (Lipinski definition) is 10. The van der Waals surface area contributed by atoms with Crippen LogP contribution >= 0.6 is 0 Å². The number of likely N-dealkylation sites (N-methyl/N-ethyl adjacent to an activating group) is 1. The lowest BCUT2D eigenvalue weighted by molar-refractivity contribution is -0.127. The number of likely N-dealkylation sites (tertiary alicyclic amines) is 1. The van der Waals surface area contributed by atoms with Gasteiger partial charge in [-0.3, -0.25) is 15.1 Å². The summed E-state index contributed by atoms with van der Waals surface area (Å²) in [6.45, 7) is 14.3. The normalized spacial score (nSPS) is 28.1. The second kappa shape index (κ2) is 12.8. The van der Waals surface area contributed by atoms with Gasteiger partial charge in [0, 0.05) is 43.0 Å². The van der Waals surface area contributed by atoms with Gasteiger partial charge in [0.25, 0.3) is 0 Å². The van der Waals surface area contributed by atoms with Crippen LogP contribution in [0.2, 0.25) is 0 Å². The predicted molar refractivity (Wildman–Crippen MR) is 164 cm³/mol. The van der Waals surface area contributed by atoms with Crippen LogP contribution in [0.3, 0.4) is 0 Å². The zero-order valence-electron chi connectivity index (χ0n) is 26.2. The Labute approximate surface area is 250 Å². The first-order valence-corrected chi connectivity index (χ1v) is 15.1. The Bertz CT molecular complexity index is 1300. The SMILES string of the molecule is CC1=C(/C(C#N)=C(\C)N)[C@@](C)(C(=O)NC(=N)c2cc(N3C[C@@H](C)N[C@H](C)C3)nc(O[C@@H](C)[C@@H]3CCCN3C)n2)CCC1. The molecule has 11 heteroatoms. The van der Waals surface area contributed by atoms with Crippen molar-refractivity contribution in [1.82, 2.24) is 25.5 Å². The molecule has 2 saturated heterocycles. The lowest BCUT2D eigenvalue weighted by Gasteiger charge is -2.37. The van der Waals surface area contributed by atoms with Crippen molar-refractivity contribution in [3.63, 3.8) is 0 Å². The highest BCUT2D eigenvalue weighted by molar-refractivity contribution is 6.08. The third-order valence-electron chi connectivity index (χ3n) is 8.94. The molecule has 2 fully saturated rings. The average molecular weight is 578 g/mol. The number of aromatic nitrogens is 2. The van der Waals surface area contributed by atoms with Crippen molar-refractivity contribution in [1.29, 1.82) is 10.7 Å². The standard InChI is InChI=1S/C31H47N9O2/c1-18-10-8-12-31(6,27(18)23(15-32)21(4)33)29(41)38-28(34)24-14-26(40-16-19(2)35-20(3)17-40)37-30(36-24)42-22(5)25-11-9-13-39(25)7/h14,19-20,22,25,35H,8-13,16-17,33H2,1-7H3,(H2,34,38,41)/b23-21+/t19-,20-,22+,25+,31+/m1/s1. The van der Waals surface area contributed by atoms with Crippen molar-refractivity contribution in [2.45, 2.75) is 97.9 Å². The molecule has 1 aromatic rings. The Kier molecular flexibility index (Phi) is 9.58. The molecule has 0 bridgehead atoms. The predicted octanol–water partition coefficient (Wildman–Crippen LogP) is 3.23. The summed E-state index contributed by atoms with van der Waals surface area (Å²) in [5, 5.41) is 25.2. The summed E-state index contributed by atoms with van der Waals surface area (Å²) >= 11 is 0. The number of anilines is 1. The zero-order chi connectivity index (χ0) is 30.8. The van der Waals surface area contributed by atoms with Crippen LogP contribution in [0.5, 0.6) is 6.01 Å². The fourth-order valence-corrected chi connectivity index (χ4v) is 6.84. The van der Waals surface area contributed by atoms with Gasteiger partial charge in [0.1, 0.15) is 23.7 Å². The molecular formula is C31H47N9O2. The van der Waals surface area contributed by atoms with Gasteiger partial charge in [-0.15, -0.1) is 0 Å². The molecule has 1 amide bonds. The molecule has 11 nitrogen and oxygen atoms in total. The van der Waals surface area contributed by atoms with Gasteiger partial charge in [0.2, 0.25) is 5.91 Å². The molecule has 5 atom stereocenters. The molecule has 0 aromatic carbocycles. The van der Waals surface area contributed by atoms with E-state index in [4.69, 9.17) is 20.9 Å². The third-order valence-corrected chi connectivity index (χ3v) is 8.94. The van der Waals surface area contributed by atoms with Crippen LogP contribution in [0.15, 0.2) is 28.5 Å². The maximum atomic E-state index is 13.9. The van der Waals surface area contributed by atoms with E-state index in [1.165, 1.54) is 0 Å². The molecule has 1 aromatic heterocycles. The van der Waals surface area contributed by atoms with Crippen molar-refractivity contribution >= 4 is 17.6 Å². The largest absolute Gasteiger partial charge is 0.459 e. The molecular weight excluding hydrogens is 530 g/mol. The number of nitriles is 1. The molecule has 228 valence electrons. The summed E-state index contributed by atoms with van der Waals surface area (Å²) in [4.78, 5) is 27.7. The van der Waals surface area contributed by atoms with Crippen molar-refractivity contribution in [3.8, 4) is 12.1 Å². The number of hydrogen-bond donors (Lipinski definition) is 4. The van der Waals surface area contributed by atoms with E-state index in [1.807, 2.05) is 20.8 Å². The minimum atomic E-state index is -1.01. The average Bonchev–Trinajstić information content (AvgIpc) is 3.35. The number of carbonyl (C=O) groups excluding carboxylic acids is 1. The van der Waals surface area contributed by atoms with Gasteiger partial charge in [-0.25, -0.2) is 0 Å². The van der Waals surface area contributed by atoms with Gasteiger partial charge in [-0.2, -0.15) is 15.2 Å². The number of amidine groups is 1. The molecule has 4 rings (SSSR count). The first kappa shape index (κ1) is 31.4. The van der Waals surface area contributed by atoms with E-state index in [1.54, 1.807) is 13.0 Å². The van der Waals surface area contributed by atoms with Crippen LogP contribution in [-0.2, 0) is 4.79 Å². The van der Waals surface area contributed by atoms with E-state index in [9.17, 15) is 10.1 Å². The molecule has 42 heavy (non-hydrogen) atoms. The summed E-state index contributed by atoms with van der Waals surface area (Å²) < 4.78 is 6.31. The van der Waals surface area contributed by atoms with E-state index in [-0.39, 0.29) is 47.7 Å². The maximum absolute atomic E-state index is 13.9. The Balaban J connectivity index is 1.65. The Hall–Kier alpha value is -3.49. The van der Waals surface area contributed by atoms with Crippen LogP contribution in [-0.4, -0.2) is 77.5 Å². The summed E-state index contributed by atoms with van der Waals surface area (Å²) in [7, 11) is 2.10. The molecule has 5 N–H and O–H groups in total. The molecule has 0 radical (unpaired) electrons.